The second-order valence-electron chi connectivity index (χ2n) is 10.6. The van der Waals surface area contributed by atoms with E-state index in [-0.39, 0.29) is 17.6 Å². The number of ketones is 1. The molecule has 1 saturated carbocycles. The molecule has 2 aromatic carbocycles. The Morgan fingerprint density at radius 1 is 1.14 bits per heavy atom. The van der Waals surface area contributed by atoms with E-state index >= 15 is 0 Å². The Hall–Kier alpha value is -4.88. The van der Waals surface area contributed by atoms with Gasteiger partial charge in [0.05, 0.1) is 37.9 Å². The van der Waals surface area contributed by atoms with Gasteiger partial charge < -0.3 is 26.0 Å². The third-order valence-electron chi connectivity index (χ3n) is 8.01. The summed E-state index contributed by atoms with van der Waals surface area (Å²) in [5.41, 5.74) is 16.3. The molecule has 1 fully saturated rings. The summed E-state index contributed by atoms with van der Waals surface area (Å²) in [5.74, 6) is 6.25. The third-order valence-corrected chi connectivity index (χ3v) is 8.01. The fourth-order valence-electron chi connectivity index (χ4n) is 6.02. The van der Waals surface area contributed by atoms with Crippen molar-refractivity contribution in [3.8, 4) is 23.3 Å². The molecule has 1 aliphatic carbocycles. The van der Waals surface area contributed by atoms with Gasteiger partial charge in [-0.15, -0.1) is 0 Å². The number of nitrogens with zero attached hydrogens (tertiary/aromatic N) is 3. The van der Waals surface area contributed by atoms with Crippen LogP contribution in [0.15, 0.2) is 47.8 Å². The molecular formula is C32H34N5O5+. The van der Waals surface area contributed by atoms with E-state index in [2.05, 4.69) is 28.7 Å². The lowest BCUT2D eigenvalue weighted by Gasteiger charge is -2.42. The molecule has 10 nitrogen and oxygen atoms in total. The number of Topliss-reactive ketones (excluding diaryl/α,β-unsaturated/α-hetero) is 1. The number of aliphatic carboxylic acids is 1. The number of nitrogen functional groups attached to an aromatic ring is 2. The summed E-state index contributed by atoms with van der Waals surface area (Å²) in [7, 11) is 3.12. The molecule has 216 valence electrons. The van der Waals surface area contributed by atoms with Gasteiger partial charge in [-0.1, -0.05) is 18.8 Å². The number of hydrogen-bond acceptors (Lipinski definition) is 8. The largest absolute Gasteiger partial charge is 0.493 e. The van der Waals surface area contributed by atoms with Crippen molar-refractivity contribution in [2.75, 3.05) is 32.2 Å². The lowest BCUT2D eigenvalue weighted by Crippen LogP contribution is -2.54. The Kier molecular flexibility index (Phi) is 7.63. The van der Waals surface area contributed by atoms with Crippen LogP contribution >= 0.6 is 0 Å². The van der Waals surface area contributed by atoms with Crippen LogP contribution in [0.2, 0.25) is 0 Å². The molecule has 3 aromatic rings. The van der Waals surface area contributed by atoms with Crippen molar-refractivity contribution < 1.29 is 24.2 Å². The lowest BCUT2D eigenvalue weighted by molar-refractivity contribution is -0.132. The minimum absolute atomic E-state index is 0.106. The van der Waals surface area contributed by atoms with Crippen molar-refractivity contribution in [3.63, 3.8) is 0 Å². The highest BCUT2D eigenvalue weighted by molar-refractivity contribution is 6.27. The maximum Gasteiger partial charge on any atom is 0.345 e. The third kappa shape index (κ3) is 4.92. The normalized spacial score (nSPS) is 17.8. The Morgan fingerprint density at radius 3 is 2.52 bits per heavy atom. The van der Waals surface area contributed by atoms with Gasteiger partial charge >= 0.3 is 5.97 Å². The van der Waals surface area contributed by atoms with E-state index in [0.29, 0.717) is 62.7 Å². The Morgan fingerprint density at radius 2 is 1.90 bits per heavy atom. The van der Waals surface area contributed by atoms with Crippen LogP contribution in [-0.2, 0) is 11.2 Å². The smallest absolute Gasteiger partial charge is 0.345 e. The molecule has 10 heteroatoms. The molecule has 0 bridgehead atoms. The number of ether oxygens (including phenoxy) is 2. The highest BCUT2D eigenvalue weighted by Crippen LogP contribution is 2.49. The van der Waals surface area contributed by atoms with Crippen LogP contribution in [0.1, 0.15) is 65.7 Å². The molecule has 5 rings (SSSR count). The highest BCUT2D eigenvalue weighted by atomic mass is 16.5. The molecule has 5 N–H and O–H groups in total. The molecule has 0 saturated heterocycles. The molecule has 42 heavy (non-hydrogen) atoms. The molecule has 0 radical (unpaired) electrons. The van der Waals surface area contributed by atoms with Crippen LogP contribution in [0.3, 0.4) is 0 Å². The van der Waals surface area contributed by atoms with Gasteiger partial charge in [-0.25, -0.2) is 9.78 Å². The van der Waals surface area contributed by atoms with Crippen molar-refractivity contribution in [1.29, 1.82) is 0 Å². The number of carbonyl (C=O) groups is 2. The van der Waals surface area contributed by atoms with Crippen LogP contribution in [-0.4, -0.2) is 53.6 Å². The van der Waals surface area contributed by atoms with Crippen molar-refractivity contribution >= 4 is 29.2 Å². The minimum Gasteiger partial charge on any atom is -0.493 e. The molecule has 0 spiro atoms. The number of anilines is 2. The zero-order valence-electron chi connectivity index (χ0n) is 24.2. The van der Waals surface area contributed by atoms with E-state index in [4.69, 9.17) is 20.9 Å². The number of carboxylic acid groups (broad SMARTS) is 1. The monoisotopic (exact) mass is 568 g/mol. The molecule has 1 atom stereocenters. The SMILES string of the molecule is CCC[N+]1(C2CC2)C(C)=C(C(=O)O)C(=O)c2ccc(C#Cc3cc(Cc4cnc(N)nc4N)cc(OC)c3OC)cc21. The number of carbonyl (C=O) groups excluding carboxylic acids is 1. The van der Waals surface area contributed by atoms with Crippen molar-refractivity contribution in [1.82, 2.24) is 14.5 Å². The van der Waals surface area contributed by atoms with Gasteiger partial charge in [0.1, 0.15) is 17.2 Å². The maximum atomic E-state index is 13.3. The predicted molar refractivity (Wildman–Crippen MR) is 160 cm³/mol. The molecule has 1 aliphatic heterocycles. The van der Waals surface area contributed by atoms with Crippen LogP contribution in [0, 0.1) is 11.8 Å². The number of fused-ring (bicyclic) bond motifs is 1. The molecule has 2 aliphatic rings. The summed E-state index contributed by atoms with van der Waals surface area (Å²) in [6.07, 6.45) is 4.80. The van der Waals surface area contributed by atoms with E-state index in [1.54, 1.807) is 39.5 Å². The van der Waals surface area contributed by atoms with Gasteiger partial charge in [-0.05, 0) is 36.2 Å². The van der Waals surface area contributed by atoms with Gasteiger partial charge in [0.2, 0.25) is 11.7 Å². The molecular weight excluding hydrogens is 534 g/mol. The number of nitrogens with two attached hydrogens (primary N) is 2. The molecule has 0 amide bonds. The number of allylic oxidation sites excluding steroid dienone is 1. The quantitative estimate of drug-likeness (QED) is 0.207. The number of hydrogen-bond donors (Lipinski definition) is 3. The van der Waals surface area contributed by atoms with E-state index in [1.165, 1.54) is 0 Å². The number of rotatable bonds is 8. The van der Waals surface area contributed by atoms with Crippen LogP contribution in [0.4, 0.5) is 17.5 Å². The summed E-state index contributed by atoms with van der Waals surface area (Å²) >= 11 is 0. The van der Waals surface area contributed by atoms with E-state index < -0.39 is 11.8 Å². The first-order valence-corrected chi connectivity index (χ1v) is 13.8. The number of methoxy groups -OCH3 is 2. The zero-order valence-corrected chi connectivity index (χ0v) is 24.2. The maximum absolute atomic E-state index is 13.3. The predicted octanol–water partition coefficient (Wildman–Crippen LogP) is 4.08. The number of carboxylic acids is 1. The Balaban J connectivity index is 1.60. The first-order chi connectivity index (χ1) is 20.1. The van der Waals surface area contributed by atoms with Crippen LogP contribution in [0.5, 0.6) is 11.5 Å². The standard InChI is InChI=1S/C32H33N5O5/c1-5-12-37(23-9-10-23)18(2)27(31(39)40)28(38)24-11-7-19(15-25(24)37)6-8-21-13-20(16-26(41-3)29(21)42-4)14-22-17-35-32(34)36-30(22)33/h7,11,13,15-17,23H,5,9-10,12,14H2,1-4H3,(H4-,33,34,35,36,39,40)/p+1. The van der Waals surface area contributed by atoms with E-state index in [9.17, 15) is 14.7 Å². The van der Waals surface area contributed by atoms with Gasteiger partial charge in [-0.3, -0.25) is 9.28 Å². The minimum atomic E-state index is -1.18. The number of quaternary nitrogens is 1. The lowest BCUT2D eigenvalue weighted by atomic mass is 9.90. The van der Waals surface area contributed by atoms with Gasteiger partial charge in [0, 0.05) is 49.6 Å². The summed E-state index contributed by atoms with van der Waals surface area (Å²) in [6.45, 7) is 4.57. The molecule has 1 aromatic heterocycles. The fraction of sp³-hybridized carbons (Fsp3) is 0.312. The summed E-state index contributed by atoms with van der Waals surface area (Å²) < 4.78 is 11.6. The van der Waals surface area contributed by atoms with Crippen molar-refractivity contribution in [2.24, 2.45) is 0 Å². The average Bonchev–Trinajstić information content (AvgIpc) is 3.81. The van der Waals surface area contributed by atoms with E-state index in [1.807, 2.05) is 18.2 Å². The van der Waals surface area contributed by atoms with Crippen LogP contribution in [0.25, 0.3) is 0 Å². The summed E-state index contributed by atoms with van der Waals surface area (Å²) in [4.78, 5) is 33.6. The first-order valence-electron chi connectivity index (χ1n) is 13.8. The topological polar surface area (TPSA) is 151 Å². The summed E-state index contributed by atoms with van der Waals surface area (Å²) in [5, 5.41) is 9.95. The molecule has 1 unspecified atom stereocenters. The Labute approximate surface area is 244 Å². The fourth-order valence-corrected chi connectivity index (χ4v) is 6.02. The second kappa shape index (κ2) is 11.2. The van der Waals surface area contributed by atoms with Crippen molar-refractivity contribution in [2.45, 2.75) is 45.6 Å². The number of aromatic nitrogens is 2. The van der Waals surface area contributed by atoms with Crippen LogP contribution < -0.4 is 25.4 Å². The van der Waals surface area contributed by atoms with E-state index in [0.717, 1.165) is 30.5 Å². The summed E-state index contributed by atoms with van der Waals surface area (Å²) in [6, 6.07) is 9.40. The highest BCUT2D eigenvalue weighted by Gasteiger charge is 2.54. The first kappa shape index (κ1) is 28.6. The Bertz CT molecular complexity index is 1700. The molecule has 2 heterocycles. The van der Waals surface area contributed by atoms with Gasteiger partial charge in [0.15, 0.2) is 17.1 Å². The zero-order chi connectivity index (χ0) is 30.2. The second-order valence-corrected chi connectivity index (χ2v) is 10.6. The van der Waals surface area contributed by atoms with Gasteiger partial charge in [0.25, 0.3) is 0 Å². The van der Waals surface area contributed by atoms with Gasteiger partial charge in [-0.2, -0.15) is 4.98 Å². The number of benzene rings is 2. The van der Waals surface area contributed by atoms with Crippen molar-refractivity contribution in [3.05, 3.63) is 75.6 Å². The average molecular weight is 569 g/mol.